The average molecular weight is 290 g/mol. The third-order valence-electron chi connectivity index (χ3n) is 4.19. The Morgan fingerprint density at radius 3 is 2.76 bits per heavy atom. The summed E-state index contributed by atoms with van der Waals surface area (Å²) in [5.74, 6) is 0.0485. The molecule has 1 fully saturated rings. The molecule has 1 aromatic carbocycles. The van der Waals surface area contributed by atoms with Crippen LogP contribution in [0.5, 0.6) is 0 Å². The van der Waals surface area contributed by atoms with Crippen LogP contribution in [0.2, 0.25) is 0 Å². The molecule has 1 unspecified atom stereocenters. The van der Waals surface area contributed by atoms with Crippen LogP contribution >= 0.6 is 0 Å². The molecule has 0 radical (unpaired) electrons. The summed E-state index contributed by atoms with van der Waals surface area (Å²) in [5.41, 5.74) is 8.29. The van der Waals surface area contributed by atoms with E-state index in [1.54, 1.807) is 0 Å². The Balaban J connectivity index is 1.98. The summed E-state index contributed by atoms with van der Waals surface area (Å²) in [6, 6.07) is 5.44. The van der Waals surface area contributed by atoms with Gasteiger partial charge in [-0.3, -0.25) is 9.69 Å². The summed E-state index contributed by atoms with van der Waals surface area (Å²) in [6.07, 6.45) is 1.11. The minimum absolute atomic E-state index is 0.0485. The molecule has 3 N–H and O–H groups in total. The largest absolute Gasteiger partial charge is 0.399 e. The maximum atomic E-state index is 12.4. The monoisotopic (exact) mass is 290 g/mol. The van der Waals surface area contributed by atoms with Gasteiger partial charge in [0.1, 0.15) is 0 Å². The van der Waals surface area contributed by atoms with Crippen LogP contribution in [0.15, 0.2) is 18.2 Å². The Morgan fingerprint density at radius 1 is 1.29 bits per heavy atom. The number of nitrogens with zero attached hydrogens (tertiary/aromatic N) is 2. The second kappa shape index (κ2) is 6.91. The predicted octanol–water partition coefficient (Wildman–Crippen LogP) is 1.54. The first kappa shape index (κ1) is 15.8. The number of likely N-dealkylation sites (N-methyl/N-ethyl adjacent to an activating group) is 1. The number of amides is 1. The zero-order valence-corrected chi connectivity index (χ0v) is 13.2. The molecule has 1 atom stereocenters. The maximum absolute atomic E-state index is 12.4. The Kier molecular flexibility index (Phi) is 5.20. The van der Waals surface area contributed by atoms with Gasteiger partial charge < -0.3 is 16.0 Å². The Hall–Kier alpha value is -1.59. The number of hydrogen-bond donors (Lipinski definition) is 2. The van der Waals surface area contributed by atoms with E-state index >= 15 is 0 Å². The van der Waals surface area contributed by atoms with E-state index < -0.39 is 0 Å². The maximum Gasteiger partial charge on any atom is 0.241 e. The molecule has 1 saturated heterocycles. The molecule has 5 nitrogen and oxygen atoms in total. The summed E-state index contributed by atoms with van der Waals surface area (Å²) in [4.78, 5) is 17.0. The lowest BCUT2D eigenvalue weighted by Crippen LogP contribution is -2.43. The van der Waals surface area contributed by atoms with Gasteiger partial charge in [-0.15, -0.1) is 0 Å². The van der Waals surface area contributed by atoms with Gasteiger partial charge in [0, 0.05) is 31.0 Å². The summed E-state index contributed by atoms with van der Waals surface area (Å²) in [5, 5.41) is 3.02. The number of nitrogens with one attached hydrogen (secondary N) is 1. The smallest absolute Gasteiger partial charge is 0.241 e. The van der Waals surface area contributed by atoms with Crippen LogP contribution in [0.4, 0.5) is 11.4 Å². The van der Waals surface area contributed by atoms with Crippen molar-refractivity contribution in [3.63, 3.8) is 0 Å². The summed E-state index contributed by atoms with van der Waals surface area (Å²) < 4.78 is 0. The minimum Gasteiger partial charge on any atom is -0.399 e. The SMILES string of the molecule is Cc1cc(N)ccc1NC(=O)C(C)N1CCCN(C)CC1. The fraction of sp³-hybridized carbons (Fsp3) is 0.562. The van der Waals surface area contributed by atoms with E-state index in [4.69, 9.17) is 5.73 Å². The van der Waals surface area contributed by atoms with Crippen LogP contribution < -0.4 is 11.1 Å². The number of carbonyl (C=O) groups is 1. The lowest BCUT2D eigenvalue weighted by atomic mass is 10.1. The number of anilines is 2. The van der Waals surface area contributed by atoms with Crippen LogP contribution in [-0.4, -0.2) is 55.0 Å². The predicted molar refractivity (Wildman–Crippen MR) is 87.4 cm³/mol. The summed E-state index contributed by atoms with van der Waals surface area (Å²) in [6.45, 7) is 7.96. The van der Waals surface area contributed by atoms with Crippen molar-refractivity contribution in [3.8, 4) is 0 Å². The minimum atomic E-state index is -0.117. The standard InChI is InChI=1S/C16H26N4O/c1-12-11-14(17)5-6-15(12)18-16(21)13(2)20-8-4-7-19(3)9-10-20/h5-6,11,13H,4,7-10,17H2,1-3H3,(H,18,21). The quantitative estimate of drug-likeness (QED) is 0.829. The highest BCUT2D eigenvalue weighted by Crippen LogP contribution is 2.18. The molecule has 21 heavy (non-hydrogen) atoms. The van der Waals surface area contributed by atoms with E-state index in [1.165, 1.54) is 0 Å². The van der Waals surface area contributed by atoms with E-state index in [1.807, 2.05) is 32.0 Å². The number of hydrogen-bond acceptors (Lipinski definition) is 4. The van der Waals surface area contributed by atoms with E-state index in [-0.39, 0.29) is 11.9 Å². The first-order chi connectivity index (χ1) is 9.97. The third-order valence-corrected chi connectivity index (χ3v) is 4.19. The molecule has 1 amide bonds. The van der Waals surface area contributed by atoms with Crippen LogP contribution in [-0.2, 0) is 4.79 Å². The number of nitrogen functional groups attached to an aromatic ring is 1. The van der Waals surface area contributed by atoms with E-state index in [9.17, 15) is 4.79 Å². The molecular weight excluding hydrogens is 264 g/mol. The number of aryl methyl sites for hydroxylation is 1. The number of benzene rings is 1. The fourth-order valence-electron chi connectivity index (χ4n) is 2.68. The Morgan fingerprint density at radius 2 is 2.05 bits per heavy atom. The zero-order chi connectivity index (χ0) is 15.4. The first-order valence-electron chi connectivity index (χ1n) is 7.57. The van der Waals surface area contributed by atoms with Gasteiger partial charge in [-0.25, -0.2) is 0 Å². The fourth-order valence-corrected chi connectivity index (χ4v) is 2.68. The lowest BCUT2D eigenvalue weighted by Gasteiger charge is -2.26. The van der Waals surface area contributed by atoms with Crippen molar-refractivity contribution in [2.24, 2.45) is 0 Å². The summed E-state index contributed by atoms with van der Waals surface area (Å²) >= 11 is 0. The molecule has 5 heteroatoms. The van der Waals surface area contributed by atoms with Gasteiger partial charge in [-0.2, -0.15) is 0 Å². The highest BCUT2D eigenvalue weighted by Gasteiger charge is 2.23. The van der Waals surface area contributed by atoms with Crippen molar-refractivity contribution < 1.29 is 4.79 Å². The average Bonchev–Trinajstić information content (AvgIpc) is 2.66. The molecule has 0 spiro atoms. The zero-order valence-electron chi connectivity index (χ0n) is 13.2. The number of carbonyl (C=O) groups excluding carboxylic acids is 1. The number of rotatable bonds is 3. The highest BCUT2D eigenvalue weighted by atomic mass is 16.2. The van der Waals surface area contributed by atoms with Gasteiger partial charge in [-0.05, 0) is 57.6 Å². The number of nitrogens with two attached hydrogens (primary N) is 1. The van der Waals surface area contributed by atoms with Crippen molar-refractivity contribution in [3.05, 3.63) is 23.8 Å². The molecule has 0 aliphatic carbocycles. The van der Waals surface area contributed by atoms with Crippen molar-refractivity contribution >= 4 is 17.3 Å². The molecule has 0 bridgehead atoms. The van der Waals surface area contributed by atoms with Gasteiger partial charge in [0.15, 0.2) is 0 Å². The molecule has 0 aromatic heterocycles. The molecule has 116 valence electrons. The van der Waals surface area contributed by atoms with Gasteiger partial charge in [0.05, 0.1) is 6.04 Å². The van der Waals surface area contributed by atoms with Crippen LogP contribution in [0.3, 0.4) is 0 Å². The Labute approximate surface area is 127 Å². The van der Waals surface area contributed by atoms with Crippen LogP contribution in [0, 0.1) is 6.92 Å². The molecule has 1 aromatic rings. The molecule has 2 rings (SSSR count). The van der Waals surface area contributed by atoms with Gasteiger partial charge >= 0.3 is 0 Å². The first-order valence-corrected chi connectivity index (χ1v) is 7.57. The second-order valence-electron chi connectivity index (χ2n) is 5.93. The normalized spacial score (nSPS) is 19.0. The van der Waals surface area contributed by atoms with E-state index in [0.29, 0.717) is 5.69 Å². The molecule has 0 saturated carbocycles. The van der Waals surface area contributed by atoms with E-state index in [0.717, 1.165) is 43.9 Å². The lowest BCUT2D eigenvalue weighted by molar-refractivity contribution is -0.120. The van der Waals surface area contributed by atoms with Gasteiger partial charge in [-0.1, -0.05) is 0 Å². The topological polar surface area (TPSA) is 61.6 Å². The van der Waals surface area contributed by atoms with Crippen LogP contribution in [0.25, 0.3) is 0 Å². The van der Waals surface area contributed by atoms with Crippen molar-refractivity contribution in [1.82, 2.24) is 9.80 Å². The van der Waals surface area contributed by atoms with Crippen molar-refractivity contribution in [2.75, 3.05) is 44.3 Å². The third kappa shape index (κ3) is 4.19. The highest BCUT2D eigenvalue weighted by molar-refractivity contribution is 5.95. The van der Waals surface area contributed by atoms with Crippen molar-refractivity contribution in [2.45, 2.75) is 26.3 Å². The Bertz CT molecular complexity index is 503. The molecular formula is C16H26N4O. The van der Waals surface area contributed by atoms with Gasteiger partial charge in [0.25, 0.3) is 0 Å². The van der Waals surface area contributed by atoms with Crippen LogP contribution in [0.1, 0.15) is 18.9 Å². The molecule has 1 heterocycles. The van der Waals surface area contributed by atoms with Gasteiger partial charge in [0.2, 0.25) is 5.91 Å². The second-order valence-corrected chi connectivity index (χ2v) is 5.93. The molecule has 1 aliphatic heterocycles. The summed E-state index contributed by atoms with van der Waals surface area (Å²) in [7, 11) is 2.13. The molecule has 1 aliphatic rings. The van der Waals surface area contributed by atoms with E-state index in [2.05, 4.69) is 22.2 Å². The van der Waals surface area contributed by atoms with Crippen molar-refractivity contribution in [1.29, 1.82) is 0 Å².